The summed E-state index contributed by atoms with van der Waals surface area (Å²) in [6.07, 6.45) is 4.57. The summed E-state index contributed by atoms with van der Waals surface area (Å²) in [7, 11) is 0. The molecule has 0 aliphatic rings. The molecule has 0 spiro atoms. The van der Waals surface area contributed by atoms with Crippen molar-refractivity contribution in [1.29, 1.82) is 0 Å². The molecule has 1 aromatic carbocycles. The van der Waals surface area contributed by atoms with Crippen molar-refractivity contribution >= 4 is 11.7 Å². The Bertz CT molecular complexity index is 801. The van der Waals surface area contributed by atoms with Crippen LogP contribution in [0.5, 0.6) is 0 Å². The van der Waals surface area contributed by atoms with Gasteiger partial charge in [0.25, 0.3) is 0 Å². The molecule has 0 aliphatic heterocycles. The van der Waals surface area contributed by atoms with Gasteiger partial charge in [0, 0.05) is 31.4 Å². The number of benzene rings is 1. The molecule has 2 aromatic heterocycles. The van der Waals surface area contributed by atoms with Gasteiger partial charge in [-0.25, -0.2) is 4.98 Å². The Labute approximate surface area is 138 Å². The van der Waals surface area contributed by atoms with Crippen LogP contribution in [0.25, 0.3) is 11.4 Å². The predicted octanol–water partition coefficient (Wildman–Crippen LogP) is 1.56. The van der Waals surface area contributed by atoms with Crippen LogP contribution in [0.1, 0.15) is 11.5 Å². The minimum absolute atomic E-state index is 0.172. The summed E-state index contributed by atoms with van der Waals surface area (Å²) >= 11 is 0. The second-order valence-corrected chi connectivity index (χ2v) is 5.08. The minimum atomic E-state index is -0.172. The summed E-state index contributed by atoms with van der Waals surface area (Å²) in [6, 6.07) is 7.74. The van der Waals surface area contributed by atoms with Gasteiger partial charge in [-0.2, -0.15) is 4.98 Å². The van der Waals surface area contributed by atoms with Gasteiger partial charge in [-0.05, 0) is 5.56 Å². The average Bonchev–Trinajstić information content (AvgIpc) is 3.03. The molecule has 122 valence electrons. The zero-order valence-electron chi connectivity index (χ0n) is 13.1. The van der Waals surface area contributed by atoms with E-state index in [0.717, 1.165) is 11.1 Å². The van der Waals surface area contributed by atoms with Gasteiger partial charge >= 0.3 is 0 Å². The first-order valence-electron chi connectivity index (χ1n) is 7.37. The van der Waals surface area contributed by atoms with Crippen molar-refractivity contribution < 1.29 is 9.32 Å². The Morgan fingerprint density at radius 2 is 2.04 bits per heavy atom. The number of aryl methyl sites for hydroxylation is 1. The highest BCUT2D eigenvalue weighted by Crippen LogP contribution is 2.16. The Morgan fingerprint density at radius 3 is 2.71 bits per heavy atom. The van der Waals surface area contributed by atoms with E-state index in [2.05, 4.69) is 30.7 Å². The van der Waals surface area contributed by atoms with Crippen molar-refractivity contribution in [2.45, 2.75) is 13.5 Å². The van der Waals surface area contributed by atoms with E-state index in [1.807, 2.05) is 24.3 Å². The zero-order valence-corrected chi connectivity index (χ0v) is 13.1. The molecule has 3 aromatic rings. The topological polar surface area (TPSA) is 106 Å². The smallest absolute Gasteiger partial charge is 0.239 e. The third-order valence-corrected chi connectivity index (χ3v) is 3.19. The molecular weight excluding hydrogens is 308 g/mol. The van der Waals surface area contributed by atoms with Crippen LogP contribution in [-0.2, 0) is 11.3 Å². The normalized spacial score (nSPS) is 10.5. The number of rotatable bonds is 6. The standard InChI is InChI=1S/C16H16N6O2/c1-11-20-16(22-24-11)13-4-2-12(3-5-13)8-18-10-15(23)21-14-9-17-6-7-19-14/h2-7,9,18H,8,10H2,1H3,(H,19,21,23). The van der Waals surface area contributed by atoms with Crippen LogP contribution in [0.4, 0.5) is 5.82 Å². The molecule has 24 heavy (non-hydrogen) atoms. The Morgan fingerprint density at radius 1 is 1.21 bits per heavy atom. The van der Waals surface area contributed by atoms with Gasteiger partial charge < -0.3 is 15.2 Å². The number of carbonyl (C=O) groups is 1. The molecule has 8 heteroatoms. The number of hydrogen-bond donors (Lipinski definition) is 2. The highest BCUT2D eigenvalue weighted by atomic mass is 16.5. The Kier molecular flexibility index (Phi) is 4.87. The second-order valence-electron chi connectivity index (χ2n) is 5.08. The predicted molar refractivity (Wildman–Crippen MR) is 86.8 cm³/mol. The van der Waals surface area contributed by atoms with Crippen LogP contribution < -0.4 is 10.6 Å². The lowest BCUT2D eigenvalue weighted by atomic mass is 10.1. The van der Waals surface area contributed by atoms with Gasteiger partial charge in [-0.15, -0.1) is 0 Å². The number of hydrogen-bond acceptors (Lipinski definition) is 7. The summed E-state index contributed by atoms with van der Waals surface area (Å²) in [5.41, 5.74) is 1.93. The molecule has 0 radical (unpaired) electrons. The molecule has 8 nitrogen and oxygen atoms in total. The molecule has 2 heterocycles. The minimum Gasteiger partial charge on any atom is -0.339 e. The summed E-state index contributed by atoms with van der Waals surface area (Å²) in [4.78, 5) is 23.8. The van der Waals surface area contributed by atoms with Gasteiger partial charge in [-0.1, -0.05) is 29.4 Å². The van der Waals surface area contributed by atoms with E-state index in [9.17, 15) is 4.79 Å². The van der Waals surface area contributed by atoms with Gasteiger partial charge in [0.15, 0.2) is 5.82 Å². The third kappa shape index (κ3) is 4.20. The number of carbonyl (C=O) groups excluding carboxylic acids is 1. The highest BCUT2D eigenvalue weighted by Gasteiger charge is 2.06. The van der Waals surface area contributed by atoms with Crippen LogP contribution in [0.15, 0.2) is 47.4 Å². The first kappa shape index (κ1) is 15.8. The Hall–Kier alpha value is -3.13. The molecule has 3 rings (SSSR count). The molecule has 0 unspecified atom stereocenters. The number of amides is 1. The van der Waals surface area contributed by atoms with Crippen LogP contribution in [0.3, 0.4) is 0 Å². The van der Waals surface area contributed by atoms with Gasteiger partial charge in [0.05, 0.1) is 12.7 Å². The van der Waals surface area contributed by atoms with E-state index in [1.54, 1.807) is 13.1 Å². The molecule has 0 fully saturated rings. The maximum absolute atomic E-state index is 11.8. The lowest BCUT2D eigenvalue weighted by Crippen LogP contribution is -2.28. The van der Waals surface area contributed by atoms with Gasteiger partial charge in [0.2, 0.25) is 17.6 Å². The third-order valence-electron chi connectivity index (χ3n) is 3.19. The fourth-order valence-corrected chi connectivity index (χ4v) is 2.06. The molecule has 0 aliphatic carbocycles. The second kappa shape index (κ2) is 7.42. The van der Waals surface area contributed by atoms with E-state index in [0.29, 0.717) is 24.1 Å². The fraction of sp³-hybridized carbons (Fsp3) is 0.188. The molecule has 0 saturated heterocycles. The first-order chi connectivity index (χ1) is 11.7. The highest BCUT2D eigenvalue weighted by molar-refractivity contribution is 5.91. The number of nitrogens with zero attached hydrogens (tertiary/aromatic N) is 4. The van der Waals surface area contributed by atoms with Crippen molar-refractivity contribution in [1.82, 2.24) is 25.4 Å². The van der Waals surface area contributed by atoms with E-state index >= 15 is 0 Å². The average molecular weight is 324 g/mol. The van der Waals surface area contributed by atoms with Crippen molar-refractivity contribution in [3.63, 3.8) is 0 Å². The molecule has 0 saturated carbocycles. The van der Waals surface area contributed by atoms with Crippen molar-refractivity contribution in [2.24, 2.45) is 0 Å². The van der Waals surface area contributed by atoms with Crippen molar-refractivity contribution in [3.8, 4) is 11.4 Å². The van der Waals surface area contributed by atoms with Crippen LogP contribution in [0.2, 0.25) is 0 Å². The van der Waals surface area contributed by atoms with Crippen molar-refractivity contribution in [2.75, 3.05) is 11.9 Å². The molecule has 1 amide bonds. The Balaban J connectivity index is 1.47. The summed E-state index contributed by atoms with van der Waals surface area (Å²) in [5, 5.41) is 9.61. The van der Waals surface area contributed by atoms with Gasteiger partial charge in [0.1, 0.15) is 0 Å². The maximum Gasteiger partial charge on any atom is 0.239 e. The van der Waals surface area contributed by atoms with Gasteiger partial charge in [-0.3, -0.25) is 9.78 Å². The summed E-state index contributed by atoms with van der Waals surface area (Å²) in [6.45, 7) is 2.50. The first-order valence-corrected chi connectivity index (χ1v) is 7.37. The fourth-order valence-electron chi connectivity index (χ4n) is 2.06. The summed E-state index contributed by atoms with van der Waals surface area (Å²) in [5.74, 6) is 1.36. The monoisotopic (exact) mass is 324 g/mol. The van der Waals surface area contributed by atoms with Crippen LogP contribution in [0, 0.1) is 6.92 Å². The number of aromatic nitrogens is 4. The van der Waals surface area contributed by atoms with E-state index in [1.165, 1.54) is 12.4 Å². The molecule has 2 N–H and O–H groups in total. The lowest BCUT2D eigenvalue weighted by molar-refractivity contribution is -0.115. The quantitative estimate of drug-likeness (QED) is 0.708. The summed E-state index contributed by atoms with van der Waals surface area (Å²) < 4.78 is 4.96. The van der Waals surface area contributed by atoms with E-state index in [-0.39, 0.29) is 12.5 Å². The van der Waals surface area contributed by atoms with Crippen LogP contribution in [-0.4, -0.2) is 32.6 Å². The lowest BCUT2D eigenvalue weighted by Gasteiger charge is -2.06. The van der Waals surface area contributed by atoms with Crippen LogP contribution >= 0.6 is 0 Å². The molecule has 0 atom stereocenters. The van der Waals surface area contributed by atoms with E-state index in [4.69, 9.17) is 4.52 Å². The largest absolute Gasteiger partial charge is 0.339 e. The zero-order chi connectivity index (χ0) is 16.8. The number of nitrogens with one attached hydrogen (secondary N) is 2. The SMILES string of the molecule is Cc1nc(-c2ccc(CNCC(=O)Nc3cnccn3)cc2)no1. The molecular formula is C16H16N6O2. The molecule has 0 bridgehead atoms. The maximum atomic E-state index is 11.8. The number of anilines is 1. The van der Waals surface area contributed by atoms with E-state index < -0.39 is 0 Å². The van der Waals surface area contributed by atoms with Crippen molar-refractivity contribution in [3.05, 3.63) is 54.3 Å².